The van der Waals surface area contributed by atoms with Crippen molar-refractivity contribution >= 4 is 28.3 Å². The van der Waals surface area contributed by atoms with Crippen LogP contribution in [0.25, 0.3) is 22.2 Å². The number of pyridine rings is 1. The molecule has 2 atom stereocenters. The standard InChI is InChI=1S/C21H26ClFN6O2/c1-30-5-3-24-20-15(7-25-21-19(20)16(22)8-26-21)13-6-27-29(9-13)18-2-4-28(10-17(18)23)14-11-31-12-14/h6-9,14,17-18H,2-5,10-12H2,1H3,(H2,24,25,26)/t17-,18?/m0/s1. The van der Waals surface area contributed by atoms with Crippen LogP contribution < -0.4 is 5.32 Å². The van der Waals surface area contributed by atoms with E-state index in [1.165, 1.54) is 0 Å². The number of rotatable bonds is 7. The molecule has 166 valence electrons. The van der Waals surface area contributed by atoms with E-state index in [0.717, 1.165) is 35.2 Å². The topological polar surface area (TPSA) is 80.2 Å². The van der Waals surface area contributed by atoms with Gasteiger partial charge in [0.1, 0.15) is 11.8 Å². The maximum absolute atomic E-state index is 15.0. The number of methoxy groups -OCH3 is 1. The second kappa shape index (κ2) is 8.74. The molecule has 3 aromatic heterocycles. The van der Waals surface area contributed by atoms with Gasteiger partial charge in [-0.15, -0.1) is 0 Å². The monoisotopic (exact) mass is 448 g/mol. The Bertz CT molecular complexity index is 1050. The van der Waals surface area contributed by atoms with Crippen LogP contribution in [0.1, 0.15) is 12.5 Å². The molecule has 2 aliphatic heterocycles. The molecule has 0 radical (unpaired) electrons. The summed E-state index contributed by atoms with van der Waals surface area (Å²) in [6.07, 6.45) is 6.94. The van der Waals surface area contributed by atoms with E-state index in [0.29, 0.717) is 49.6 Å². The third-order valence-electron chi connectivity index (χ3n) is 6.19. The largest absolute Gasteiger partial charge is 0.383 e. The molecule has 2 fully saturated rings. The van der Waals surface area contributed by atoms with Crippen LogP contribution in [0.4, 0.5) is 10.1 Å². The summed E-state index contributed by atoms with van der Waals surface area (Å²) in [5.74, 6) is 0. The fourth-order valence-corrected chi connectivity index (χ4v) is 4.61. The Morgan fingerprint density at radius 1 is 1.39 bits per heavy atom. The molecule has 31 heavy (non-hydrogen) atoms. The van der Waals surface area contributed by atoms with E-state index >= 15 is 4.39 Å². The van der Waals surface area contributed by atoms with E-state index in [4.69, 9.17) is 21.1 Å². The molecule has 5 heterocycles. The van der Waals surface area contributed by atoms with Crippen LogP contribution in [0.2, 0.25) is 5.02 Å². The number of hydrogen-bond acceptors (Lipinski definition) is 6. The normalized spacial score (nSPS) is 22.7. The molecular weight excluding hydrogens is 423 g/mol. The molecule has 0 aromatic carbocycles. The number of H-pyrrole nitrogens is 1. The summed E-state index contributed by atoms with van der Waals surface area (Å²) in [5, 5.41) is 9.34. The summed E-state index contributed by atoms with van der Waals surface area (Å²) in [6, 6.07) is 0.0837. The van der Waals surface area contributed by atoms with Crippen molar-refractivity contribution in [3.63, 3.8) is 0 Å². The van der Waals surface area contributed by atoms with Crippen molar-refractivity contribution in [2.45, 2.75) is 24.7 Å². The number of likely N-dealkylation sites (tertiary alicyclic amines) is 1. The second-order valence-electron chi connectivity index (χ2n) is 8.09. The quantitative estimate of drug-likeness (QED) is 0.540. The third kappa shape index (κ3) is 3.91. The summed E-state index contributed by atoms with van der Waals surface area (Å²) in [5.41, 5.74) is 3.31. The lowest BCUT2D eigenvalue weighted by atomic mass is 10.0. The average Bonchev–Trinajstić information content (AvgIpc) is 3.34. The highest BCUT2D eigenvalue weighted by Gasteiger charge is 2.36. The minimum atomic E-state index is -0.971. The Balaban J connectivity index is 1.41. The number of nitrogens with one attached hydrogen (secondary N) is 2. The zero-order valence-corrected chi connectivity index (χ0v) is 18.1. The van der Waals surface area contributed by atoms with Gasteiger partial charge in [-0.25, -0.2) is 9.37 Å². The molecule has 5 rings (SSSR count). The van der Waals surface area contributed by atoms with Gasteiger partial charge in [0.2, 0.25) is 0 Å². The van der Waals surface area contributed by atoms with Gasteiger partial charge in [0.25, 0.3) is 0 Å². The van der Waals surface area contributed by atoms with E-state index in [9.17, 15) is 0 Å². The molecule has 8 nitrogen and oxygen atoms in total. The smallest absolute Gasteiger partial charge is 0.140 e. The highest BCUT2D eigenvalue weighted by molar-refractivity contribution is 6.36. The van der Waals surface area contributed by atoms with Crippen LogP contribution in [0, 0.1) is 0 Å². The average molecular weight is 449 g/mol. The van der Waals surface area contributed by atoms with Crippen molar-refractivity contribution in [3.05, 3.63) is 29.8 Å². The van der Waals surface area contributed by atoms with Crippen LogP contribution in [-0.2, 0) is 9.47 Å². The third-order valence-corrected chi connectivity index (χ3v) is 6.49. The first kappa shape index (κ1) is 20.7. The van der Waals surface area contributed by atoms with Gasteiger partial charge in [-0.1, -0.05) is 11.6 Å². The SMILES string of the molecule is COCCNc1c(-c2cnn(C3CCN(C4COC4)C[C@@H]3F)c2)cnc2[nH]cc(Cl)c12. The van der Waals surface area contributed by atoms with Crippen molar-refractivity contribution in [3.8, 4) is 11.1 Å². The van der Waals surface area contributed by atoms with Gasteiger partial charge in [-0.3, -0.25) is 9.58 Å². The fourth-order valence-electron chi connectivity index (χ4n) is 4.38. The van der Waals surface area contributed by atoms with Crippen molar-refractivity contribution in [1.29, 1.82) is 0 Å². The molecule has 0 aliphatic carbocycles. The van der Waals surface area contributed by atoms with Crippen LogP contribution in [0.5, 0.6) is 0 Å². The predicted molar refractivity (Wildman–Crippen MR) is 117 cm³/mol. The van der Waals surface area contributed by atoms with E-state index in [2.05, 4.69) is 25.3 Å². The number of piperidine rings is 1. The lowest BCUT2D eigenvalue weighted by Crippen LogP contribution is -2.55. The maximum atomic E-state index is 15.0. The lowest BCUT2D eigenvalue weighted by Gasteiger charge is -2.42. The summed E-state index contributed by atoms with van der Waals surface area (Å²) in [7, 11) is 1.66. The number of alkyl halides is 1. The molecule has 0 amide bonds. The van der Waals surface area contributed by atoms with E-state index < -0.39 is 6.17 Å². The molecule has 2 aliphatic rings. The van der Waals surface area contributed by atoms with Gasteiger partial charge >= 0.3 is 0 Å². The van der Waals surface area contributed by atoms with Gasteiger partial charge in [0, 0.05) is 56.5 Å². The van der Waals surface area contributed by atoms with Crippen LogP contribution in [-0.4, -0.2) is 83.4 Å². The Morgan fingerprint density at radius 3 is 3.00 bits per heavy atom. The molecule has 3 aromatic rings. The highest BCUT2D eigenvalue weighted by Crippen LogP contribution is 2.38. The number of aromatic nitrogens is 4. The number of fused-ring (bicyclic) bond motifs is 1. The minimum Gasteiger partial charge on any atom is -0.383 e. The molecule has 0 spiro atoms. The Morgan fingerprint density at radius 2 is 2.26 bits per heavy atom. The number of ether oxygens (including phenoxy) is 2. The molecule has 2 N–H and O–H groups in total. The minimum absolute atomic E-state index is 0.275. The van der Waals surface area contributed by atoms with Crippen molar-refractivity contribution in [2.75, 3.05) is 51.9 Å². The highest BCUT2D eigenvalue weighted by atomic mass is 35.5. The molecule has 1 unspecified atom stereocenters. The van der Waals surface area contributed by atoms with E-state index in [1.807, 2.05) is 6.20 Å². The number of anilines is 1. The number of aromatic amines is 1. The lowest BCUT2D eigenvalue weighted by molar-refractivity contribution is -0.0847. The molecule has 0 saturated carbocycles. The first-order valence-electron chi connectivity index (χ1n) is 10.5. The number of nitrogens with zero attached hydrogens (tertiary/aromatic N) is 4. The van der Waals surface area contributed by atoms with E-state index in [1.54, 1.807) is 30.4 Å². The first-order chi connectivity index (χ1) is 15.2. The van der Waals surface area contributed by atoms with E-state index in [-0.39, 0.29) is 6.04 Å². The summed E-state index contributed by atoms with van der Waals surface area (Å²) >= 11 is 6.43. The van der Waals surface area contributed by atoms with Gasteiger partial charge < -0.3 is 19.8 Å². The van der Waals surface area contributed by atoms with Crippen LogP contribution in [0.3, 0.4) is 0 Å². The summed E-state index contributed by atoms with van der Waals surface area (Å²) in [4.78, 5) is 9.79. The Labute approximate surface area is 184 Å². The summed E-state index contributed by atoms with van der Waals surface area (Å²) in [6.45, 7) is 3.86. The molecule has 2 saturated heterocycles. The van der Waals surface area contributed by atoms with Crippen molar-refractivity contribution in [2.24, 2.45) is 0 Å². The Hall–Kier alpha value is -2.20. The predicted octanol–water partition coefficient (Wildman–Crippen LogP) is 3.12. The number of hydrogen-bond donors (Lipinski definition) is 2. The van der Waals surface area contributed by atoms with Gasteiger partial charge in [0.15, 0.2) is 0 Å². The second-order valence-corrected chi connectivity index (χ2v) is 8.50. The first-order valence-corrected chi connectivity index (χ1v) is 10.9. The van der Waals surface area contributed by atoms with Crippen molar-refractivity contribution in [1.82, 2.24) is 24.6 Å². The zero-order valence-electron chi connectivity index (χ0n) is 17.4. The zero-order chi connectivity index (χ0) is 21.4. The Kier molecular flexibility index (Phi) is 5.83. The molecule has 10 heteroatoms. The maximum Gasteiger partial charge on any atom is 0.140 e. The van der Waals surface area contributed by atoms with Crippen molar-refractivity contribution < 1.29 is 13.9 Å². The summed E-state index contributed by atoms with van der Waals surface area (Å²) < 4.78 is 27.2. The van der Waals surface area contributed by atoms with Gasteiger partial charge in [0.05, 0.1) is 54.2 Å². The molecule has 0 bridgehead atoms. The number of halogens is 2. The van der Waals surface area contributed by atoms with Crippen LogP contribution >= 0.6 is 11.6 Å². The van der Waals surface area contributed by atoms with Crippen LogP contribution in [0.15, 0.2) is 24.8 Å². The molecular formula is C21H26ClFN6O2. The van der Waals surface area contributed by atoms with Gasteiger partial charge in [-0.05, 0) is 6.42 Å². The fraction of sp³-hybridized carbons (Fsp3) is 0.524. The van der Waals surface area contributed by atoms with Gasteiger partial charge in [-0.2, -0.15) is 5.10 Å².